The number of nitrogens with one attached hydrogen (secondary N) is 2. The van der Waals surface area contributed by atoms with Gasteiger partial charge in [0.1, 0.15) is 5.65 Å². The Bertz CT molecular complexity index is 950. The fourth-order valence-electron chi connectivity index (χ4n) is 6.00. The summed E-state index contributed by atoms with van der Waals surface area (Å²) in [5, 5.41) is 23.6. The predicted octanol–water partition coefficient (Wildman–Crippen LogP) is 2.96. The van der Waals surface area contributed by atoms with Crippen LogP contribution in [0.5, 0.6) is 0 Å². The van der Waals surface area contributed by atoms with Gasteiger partial charge >= 0.3 is 0 Å². The molecule has 4 fully saturated rings. The molecule has 3 N–H and O–H groups in total. The van der Waals surface area contributed by atoms with Crippen molar-refractivity contribution in [2.24, 2.45) is 17.8 Å². The van der Waals surface area contributed by atoms with Crippen LogP contribution >= 0.6 is 0 Å². The minimum absolute atomic E-state index is 0.369. The summed E-state index contributed by atoms with van der Waals surface area (Å²) in [6.07, 6.45) is 10.3. The zero-order chi connectivity index (χ0) is 17.3. The third kappa shape index (κ3) is 2.06. The Morgan fingerprint density at radius 1 is 1.23 bits per heavy atom. The molecule has 0 radical (unpaired) electrons. The molecule has 134 valence electrons. The van der Waals surface area contributed by atoms with Gasteiger partial charge in [0.2, 0.25) is 6.39 Å². The average Bonchev–Trinajstić information content (AvgIpc) is 3.27. The van der Waals surface area contributed by atoms with Crippen LogP contribution in [0.3, 0.4) is 0 Å². The number of hydrogen-bond donors (Lipinski definition) is 3. The topological polar surface area (TPSA) is 99.9 Å². The predicted molar refractivity (Wildman–Crippen MR) is 95.3 cm³/mol. The van der Waals surface area contributed by atoms with Crippen LogP contribution in [0.4, 0.5) is 5.69 Å². The second-order valence-electron chi connectivity index (χ2n) is 8.40. The number of fused-ring (bicyclic) bond motifs is 1. The summed E-state index contributed by atoms with van der Waals surface area (Å²) in [7, 11) is 0. The van der Waals surface area contributed by atoms with Crippen LogP contribution in [0.15, 0.2) is 29.3 Å². The van der Waals surface area contributed by atoms with Crippen LogP contribution in [0.1, 0.15) is 32.1 Å². The molecule has 3 heterocycles. The SMILES string of the molecule is O[C@]12CC3C[C@H](C1)[C@@H](Nc1c(-c4nnco4)cnc4[nH]ccc14)[C@@H](C3)C2. The first-order chi connectivity index (χ1) is 12.7. The summed E-state index contributed by atoms with van der Waals surface area (Å²) in [5.74, 6) is 2.20. The van der Waals surface area contributed by atoms with Crippen LogP contribution in [-0.2, 0) is 0 Å². The first-order valence-corrected chi connectivity index (χ1v) is 9.40. The van der Waals surface area contributed by atoms with Gasteiger partial charge in [-0.3, -0.25) is 0 Å². The normalized spacial score (nSPS) is 35.3. The van der Waals surface area contributed by atoms with Gasteiger partial charge in [0, 0.05) is 23.8 Å². The lowest BCUT2D eigenvalue weighted by Gasteiger charge is -2.58. The van der Waals surface area contributed by atoms with Gasteiger partial charge < -0.3 is 19.8 Å². The molecule has 3 aromatic rings. The molecule has 26 heavy (non-hydrogen) atoms. The second-order valence-corrected chi connectivity index (χ2v) is 8.40. The number of anilines is 1. The maximum Gasteiger partial charge on any atom is 0.251 e. The van der Waals surface area contributed by atoms with E-state index in [0.29, 0.717) is 29.7 Å². The fourth-order valence-corrected chi connectivity index (χ4v) is 6.00. The summed E-state index contributed by atoms with van der Waals surface area (Å²) in [5.41, 5.74) is 2.26. The summed E-state index contributed by atoms with van der Waals surface area (Å²) in [6, 6.07) is 2.41. The molecule has 4 aliphatic carbocycles. The van der Waals surface area contributed by atoms with Gasteiger partial charge in [0.15, 0.2) is 0 Å². The van der Waals surface area contributed by atoms with Gasteiger partial charge in [-0.05, 0) is 55.9 Å². The summed E-state index contributed by atoms with van der Waals surface area (Å²) >= 11 is 0. The van der Waals surface area contributed by atoms with E-state index in [1.807, 2.05) is 12.3 Å². The van der Waals surface area contributed by atoms with E-state index >= 15 is 0 Å². The maximum atomic E-state index is 10.9. The number of aliphatic hydroxyl groups is 1. The molecule has 0 aromatic carbocycles. The van der Waals surface area contributed by atoms with E-state index in [1.54, 1.807) is 6.20 Å². The molecular weight excluding hydrogens is 330 g/mol. The monoisotopic (exact) mass is 351 g/mol. The molecule has 7 nitrogen and oxygen atoms in total. The zero-order valence-corrected chi connectivity index (χ0v) is 14.4. The number of pyridine rings is 1. The van der Waals surface area contributed by atoms with E-state index in [0.717, 1.165) is 41.5 Å². The Balaban J connectivity index is 1.43. The minimum atomic E-state index is -0.425. The highest BCUT2D eigenvalue weighted by Crippen LogP contribution is 2.56. The van der Waals surface area contributed by atoms with Crippen LogP contribution < -0.4 is 5.32 Å². The lowest BCUT2D eigenvalue weighted by atomic mass is 9.52. The maximum absolute atomic E-state index is 10.9. The standard InChI is InChI=1S/C19H21N5O2/c25-19-5-10-3-11(6-19)15(12(4-10)7-19)23-16-13-1-2-20-17(13)21-8-14(16)18-24-22-9-26-18/h1-2,8-12,15,25H,3-7H2,(H2,20,21,23)/t10?,11-,12+,15-,19-. The third-order valence-electron chi connectivity index (χ3n) is 6.73. The highest BCUT2D eigenvalue weighted by Gasteiger charge is 2.54. The van der Waals surface area contributed by atoms with E-state index in [2.05, 4.69) is 25.5 Å². The molecule has 0 aliphatic heterocycles. The van der Waals surface area contributed by atoms with Gasteiger partial charge in [-0.1, -0.05) is 0 Å². The van der Waals surface area contributed by atoms with Crippen LogP contribution in [0, 0.1) is 17.8 Å². The van der Waals surface area contributed by atoms with Crippen molar-refractivity contribution >= 4 is 16.7 Å². The number of hydrogen-bond acceptors (Lipinski definition) is 6. The van der Waals surface area contributed by atoms with Crippen molar-refractivity contribution in [1.29, 1.82) is 0 Å². The zero-order valence-electron chi connectivity index (χ0n) is 14.4. The van der Waals surface area contributed by atoms with Gasteiger partial charge in [-0.15, -0.1) is 10.2 Å². The molecule has 7 rings (SSSR count). The number of H-pyrrole nitrogens is 1. The van der Waals surface area contributed by atoms with Gasteiger partial charge in [-0.25, -0.2) is 4.98 Å². The second kappa shape index (κ2) is 5.07. The Morgan fingerprint density at radius 3 is 2.81 bits per heavy atom. The first kappa shape index (κ1) is 14.7. The van der Waals surface area contributed by atoms with Gasteiger partial charge in [0.05, 0.1) is 16.9 Å². The molecule has 7 heteroatoms. The highest BCUT2D eigenvalue weighted by atomic mass is 16.4. The number of nitrogens with zero attached hydrogens (tertiary/aromatic N) is 3. The van der Waals surface area contributed by atoms with Crippen LogP contribution in [0.25, 0.3) is 22.5 Å². The molecule has 5 atom stereocenters. The third-order valence-corrected chi connectivity index (χ3v) is 6.73. The van der Waals surface area contributed by atoms with E-state index in [4.69, 9.17) is 4.42 Å². The Morgan fingerprint density at radius 2 is 2.08 bits per heavy atom. The lowest BCUT2D eigenvalue weighted by Crippen LogP contribution is -2.59. The summed E-state index contributed by atoms with van der Waals surface area (Å²) < 4.78 is 5.46. The Kier molecular flexibility index (Phi) is 2.87. The Labute approximate surface area is 150 Å². The first-order valence-electron chi connectivity index (χ1n) is 9.40. The quantitative estimate of drug-likeness (QED) is 0.671. The van der Waals surface area contributed by atoms with Crippen LogP contribution in [0.2, 0.25) is 0 Å². The molecule has 0 spiro atoms. The van der Waals surface area contributed by atoms with Crippen molar-refractivity contribution in [3.8, 4) is 11.5 Å². The minimum Gasteiger partial charge on any atom is -0.423 e. The Hall–Kier alpha value is -2.41. The van der Waals surface area contributed by atoms with Crippen molar-refractivity contribution in [3.05, 3.63) is 24.9 Å². The number of aromatic nitrogens is 4. The molecule has 4 aliphatic rings. The van der Waals surface area contributed by atoms with Crippen molar-refractivity contribution in [3.63, 3.8) is 0 Å². The van der Waals surface area contributed by atoms with Crippen molar-refractivity contribution in [2.75, 3.05) is 5.32 Å². The molecule has 4 saturated carbocycles. The van der Waals surface area contributed by atoms with Crippen molar-refractivity contribution in [1.82, 2.24) is 20.2 Å². The van der Waals surface area contributed by atoms with E-state index in [9.17, 15) is 5.11 Å². The van der Waals surface area contributed by atoms with Gasteiger partial charge in [0.25, 0.3) is 5.89 Å². The molecule has 0 saturated heterocycles. The van der Waals surface area contributed by atoms with Crippen molar-refractivity contribution < 1.29 is 9.52 Å². The molecule has 4 bridgehead atoms. The number of aromatic amines is 1. The summed E-state index contributed by atoms with van der Waals surface area (Å²) in [4.78, 5) is 7.67. The highest BCUT2D eigenvalue weighted by molar-refractivity contribution is 5.97. The largest absolute Gasteiger partial charge is 0.423 e. The van der Waals surface area contributed by atoms with Gasteiger partial charge in [-0.2, -0.15) is 0 Å². The lowest BCUT2D eigenvalue weighted by molar-refractivity contribution is -0.129. The fraction of sp³-hybridized carbons (Fsp3) is 0.526. The van der Waals surface area contributed by atoms with E-state index < -0.39 is 5.60 Å². The smallest absolute Gasteiger partial charge is 0.251 e. The number of rotatable bonds is 3. The average molecular weight is 351 g/mol. The molecule has 1 unspecified atom stereocenters. The van der Waals surface area contributed by atoms with Crippen molar-refractivity contribution in [2.45, 2.75) is 43.7 Å². The van der Waals surface area contributed by atoms with E-state index in [-0.39, 0.29) is 0 Å². The summed E-state index contributed by atoms with van der Waals surface area (Å²) in [6.45, 7) is 0. The van der Waals surface area contributed by atoms with E-state index in [1.165, 1.54) is 19.2 Å². The van der Waals surface area contributed by atoms with Crippen LogP contribution in [-0.4, -0.2) is 36.9 Å². The molecule has 0 amide bonds. The molecular formula is C19H21N5O2. The molecule has 3 aromatic heterocycles.